The Morgan fingerprint density at radius 2 is 1.88 bits per heavy atom. The van der Waals surface area contributed by atoms with Crippen LogP contribution in [-0.4, -0.2) is 12.6 Å². The zero-order valence-corrected chi connectivity index (χ0v) is 16.3. The van der Waals surface area contributed by atoms with Crippen LogP contribution in [0.2, 0.25) is 0 Å². The Balaban J connectivity index is 2.59. The molecule has 2 nitrogen and oxygen atoms in total. The molecular weight excluding hydrogens is 296 g/mol. The fraction of sp³-hybridized carbons (Fsp3) is 0.591. The van der Waals surface area contributed by atoms with Crippen molar-refractivity contribution in [2.75, 3.05) is 6.61 Å². The number of allylic oxidation sites excluding steroid dienone is 7. The van der Waals surface area contributed by atoms with Crippen LogP contribution in [0.3, 0.4) is 0 Å². The summed E-state index contributed by atoms with van der Waals surface area (Å²) in [7, 11) is 0. The van der Waals surface area contributed by atoms with Crippen molar-refractivity contribution >= 4 is 5.97 Å². The van der Waals surface area contributed by atoms with E-state index in [0.29, 0.717) is 17.9 Å². The van der Waals surface area contributed by atoms with Crippen LogP contribution in [0.1, 0.15) is 60.8 Å². The highest BCUT2D eigenvalue weighted by molar-refractivity contribution is 5.66. The molecule has 1 saturated carbocycles. The smallest absolute Gasteiger partial charge is 0.302 e. The van der Waals surface area contributed by atoms with Crippen molar-refractivity contribution < 1.29 is 9.53 Å². The SMILES string of the molecule is CC(=O)OC/C=C(C)/C=C/C=C(C)/C=C/C1C(C)CCCC1(C)C. The second kappa shape index (κ2) is 9.66. The zero-order valence-electron chi connectivity index (χ0n) is 16.3. The van der Waals surface area contributed by atoms with Gasteiger partial charge in [0.15, 0.2) is 0 Å². The molecule has 0 aromatic rings. The summed E-state index contributed by atoms with van der Waals surface area (Å²) < 4.78 is 4.90. The molecule has 1 aliphatic carbocycles. The average Bonchev–Trinajstić information content (AvgIpc) is 2.45. The average molecular weight is 331 g/mol. The van der Waals surface area contributed by atoms with Crippen LogP contribution in [0.5, 0.6) is 0 Å². The van der Waals surface area contributed by atoms with Crippen LogP contribution >= 0.6 is 0 Å². The van der Waals surface area contributed by atoms with Crippen LogP contribution in [0.15, 0.2) is 47.6 Å². The predicted molar refractivity (Wildman–Crippen MR) is 103 cm³/mol. The van der Waals surface area contributed by atoms with E-state index in [-0.39, 0.29) is 5.97 Å². The Kier molecular flexibility index (Phi) is 8.24. The topological polar surface area (TPSA) is 26.3 Å². The van der Waals surface area contributed by atoms with Gasteiger partial charge in [-0.15, -0.1) is 0 Å². The number of esters is 1. The number of hydrogen-bond donors (Lipinski definition) is 0. The van der Waals surface area contributed by atoms with Crippen molar-refractivity contribution in [1.82, 2.24) is 0 Å². The summed E-state index contributed by atoms with van der Waals surface area (Å²) in [6.45, 7) is 13.1. The number of rotatable bonds is 6. The highest BCUT2D eigenvalue weighted by atomic mass is 16.5. The maximum absolute atomic E-state index is 10.7. The summed E-state index contributed by atoms with van der Waals surface area (Å²) in [5.41, 5.74) is 2.75. The molecule has 0 aromatic heterocycles. The lowest BCUT2D eigenvalue weighted by Crippen LogP contribution is -2.32. The molecule has 134 valence electrons. The third kappa shape index (κ3) is 7.33. The fourth-order valence-corrected chi connectivity index (χ4v) is 3.47. The van der Waals surface area contributed by atoms with Crippen molar-refractivity contribution in [3.63, 3.8) is 0 Å². The molecule has 0 radical (unpaired) electrons. The molecule has 24 heavy (non-hydrogen) atoms. The van der Waals surface area contributed by atoms with Gasteiger partial charge < -0.3 is 4.74 Å². The molecule has 0 amide bonds. The van der Waals surface area contributed by atoms with Crippen molar-refractivity contribution in [3.8, 4) is 0 Å². The van der Waals surface area contributed by atoms with E-state index in [9.17, 15) is 4.79 Å². The Bertz CT molecular complexity index is 532. The number of carbonyl (C=O) groups excluding carboxylic acids is 1. The monoisotopic (exact) mass is 330 g/mol. The standard InChI is InChI=1S/C22H34O2/c1-17(9-7-10-18(2)14-16-24-20(4)23)12-13-21-19(3)11-8-15-22(21,5)6/h7,9-10,12-14,19,21H,8,11,15-16H2,1-6H3/b10-7+,13-12+,17-9+,18-14+. The molecule has 2 unspecified atom stereocenters. The van der Waals surface area contributed by atoms with E-state index >= 15 is 0 Å². The number of carbonyl (C=O) groups is 1. The molecule has 0 heterocycles. The van der Waals surface area contributed by atoms with Gasteiger partial charge in [-0.1, -0.05) is 75.1 Å². The minimum Gasteiger partial charge on any atom is -0.462 e. The highest BCUT2D eigenvalue weighted by Gasteiger charge is 2.34. The van der Waals surface area contributed by atoms with Crippen LogP contribution in [0.4, 0.5) is 0 Å². The van der Waals surface area contributed by atoms with Crippen LogP contribution in [0.25, 0.3) is 0 Å². The Labute approximate surface area is 148 Å². The minimum absolute atomic E-state index is 0.247. The first-order valence-electron chi connectivity index (χ1n) is 9.05. The molecular formula is C22H34O2. The van der Waals surface area contributed by atoms with E-state index in [0.717, 1.165) is 11.5 Å². The maximum Gasteiger partial charge on any atom is 0.302 e. The van der Waals surface area contributed by atoms with Gasteiger partial charge in [0.25, 0.3) is 0 Å². The van der Waals surface area contributed by atoms with Gasteiger partial charge in [0.2, 0.25) is 0 Å². The minimum atomic E-state index is -0.247. The summed E-state index contributed by atoms with van der Waals surface area (Å²) in [5.74, 6) is 1.17. The molecule has 0 aromatic carbocycles. The lowest BCUT2D eigenvalue weighted by Gasteiger charge is -2.41. The summed E-state index contributed by atoms with van der Waals surface area (Å²) in [4.78, 5) is 10.7. The molecule has 1 fully saturated rings. The molecule has 0 aliphatic heterocycles. The van der Waals surface area contributed by atoms with Crippen LogP contribution in [-0.2, 0) is 9.53 Å². The first-order chi connectivity index (χ1) is 11.2. The number of ether oxygens (including phenoxy) is 1. The molecule has 2 atom stereocenters. The molecule has 0 bridgehead atoms. The Morgan fingerprint density at radius 3 is 2.50 bits per heavy atom. The van der Waals surface area contributed by atoms with Gasteiger partial charge in [0.1, 0.15) is 6.61 Å². The van der Waals surface area contributed by atoms with E-state index in [2.05, 4.69) is 52.0 Å². The van der Waals surface area contributed by atoms with Crippen molar-refractivity contribution in [1.29, 1.82) is 0 Å². The predicted octanol–water partition coefficient (Wildman–Crippen LogP) is 6.02. The third-order valence-corrected chi connectivity index (χ3v) is 4.97. The fourth-order valence-electron chi connectivity index (χ4n) is 3.47. The van der Waals surface area contributed by atoms with Crippen molar-refractivity contribution in [2.45, 2.75) is 60.8 Å². The second-order valence-corrected chi connectivity index (χ2v) is 7.76. The summed E-state index contributed by atoms with van der Waals surface area (Å²) >= 11 is 0. The maximum atomic E-state index is 10.7. The third-order valence-electron chi connectivity index (χ3n) is 4.97. The van der Waals surface area contributed by atoms with Gasteiger partial charge in [-0.3, -0.25) is 4.79 Å². The summed E-state index contributed by atoms with van der Waals surface area (Å²) in [6, 6.07) is 0. The van der Waals surface area contributed by atoms with Crippen molar-refractivity contribution in [2.24, 2.45) is 17.3 Å². The first-order valence-corrected chi connectivity index (χ1v) is 9.05. The highest BCUT2D eigenvalue weighted by Crippen LogP contribution is 2.44. The van der Waals surface area contributed by atoms with E-state index in [4.69, 9.17) is 4.74 Å². The van der Waals surface area contributed by atoms with E-state index in [1.807, 2.05) is 19.1 Å². The van der Waals surface area contributed by atoms with Gasteiger partial charge >= 0.3 is 5.97 Å². The molecule has 0 spiro atoms. The van der Waals surface area contributed by atoms with Gasteiger partial charge in [-0.05, 0) is 43.6 Å². The van der Waals surface area contributed by atoms with Crippen molar-refractivity contribution in [3.05, 3.63) is 47.6 Å². The molecule has 2 heteroatoms. The largest absolute Gasteiger partial charge is 0.462 e. The first kappa shape index (κ1) is 20.5. The summed E-state index contributed by atoms with van der Waals surface area (Å²) in [5, 5.41) is 0. The van der Waals surface area contributed by atoms with Crippen LogP contribution < -0.4 is 0 Å². The van der Waals surface area contributed by atoms with E-state index in [1.165, 1.54) is 31.8 Å². The molecule has 0 N–H and O–H groups in total. The Morgan fingerprint density at radius 1 is 1.17 bits per heavy atom. The van der Waals surface area contributed by atoms with E-state index in [1.54, 1.807) is 0 Å². The molecule has 1 rings (SSSR count). The normalized spacial score (nSPS) is 25.4. The van der Waals surface area contributed by atoms with Gasteiger partial charge in [0.05, 0.1) is 0 Å². The molecule has 1 aliphatic rings. The van der Waals surface area contributed by atoms with Gasteiger partial charge in [0, 0.05) is 6.92 Å². The number of hydrogen-bond acceptors (Lipinski definition) is 2. The lowest BCUT2D eigenvalue weighted by molar-refractivity contribution is -0.139. The van der Waals surface area contributed by atoms with Crippen LogP contribution in [0, 0.1) is 17.3 Å². The zero-order chi connectivity index (χ0) is 18.2. The molecule has 0 saturated heterocycles. The van der Waals surface area contributed by atoms with Gasteiger partial charge in [-0.2, -0.15) is 0 Å². The quantitative estimate of drug-likeness (QED) is 0.440. The Hall–Kier alpha value is -1.57. The second-order valence-electron chi connectivity index (χ2n) is 7.76. The lowest BCUT2D eigenvalue weighted by atomic mass is 9.64. The van der Waals surface area contributed by atoms with Gasteiger partial charge in [-0.25, -0.2) is 0 Å². The summed E-state index contributed by atoms with van der Waals surface area (Å²) in [6.07, 6.45) is 16.8. The van der Waals surface area contributed by atoms with E-state index < -0.39 is 0 Å².